The van der Waals surface area contributed by atoms with Gasteiger partial charge in [-0.3, -0.25) is 9.59 Å². The highest BCUT2D eigenvalue weighted by atomic mass is 16.5. The second-order valence-electron chi connectivity index (χ2n) is 5.37. The Morgan fingerprint density at radius 3 is 2.43 bits per heavy atom. The fourth-order valence-corrected chi connectivity index (χ4v) is 2.19. The topological polar surface area (TPSA) is 75.7 Å². The van der Waals surface area contributed by atoms with Gasteiger partial charge in [0.25, 0.3) is 0 Å². The molecular formula is C17H24N2O4. The highest BCUT2D eigenvalue weighted by Crippen LogP contribution is 2.16. The minimum absolute atomic E-state index is 0.0344. The molecule has 0 saturated carbocycles. The van der Waals surface area contributed by atoms with Crippen LogP contribution in [0.2, 0.25) is 0 Å². The Hall–Kier alpha value is -2.37. The molecule has 1 rings (SSSR count). The smallest absolute Gasteiger partial charge is 0.340 e. The van der Waals surface area contributed by atoms with E-state index < -0.39 is 5.97 Å². The second kappa shape index (κ2) is 8.92. The van der Waals surface area contributed by atoms with Crippen molar-refractivity contribution in [3.63, 3.8) is 0 Å². The van der Waals surface area contributed by atoms with Crippen LogP contribution in [0.1, 0.15) is 44.5 Å². The summed E-state index contributed by atoms with van der Waals surface area (Å²) in [5.74, 6) is -0.802. The zero-order valence-electron chi connectivity index (χ0n) is 14.1. The van der Waals surface area contributed by atoms with Crippen LogP contribution < -0.4 is 5.32 Å². The molecule has 126 valence electrons. The van der Waals surface area contributed by atoms with Crippen molar-refractivity contribution in [2.45, 2.75) is 40.2 Å². The van der Waals surface area contributed by atoms with E-state index in [0.717, 1.165) is 0 Å². The fourth-order valence-electron chi connectivity index (χ4n) is 2.19. The van der Waals surface area contributed by atoms with Crippen molar-refractivity contribution < 1.29 is 19.1 Å². The summed E-state index contributed by atoms with van der Waals surface area (Å²) in [4.78, 5) is 37.1. The van der Waals surface area contributed by atoms with Crippen LogP contribution in [0.3, 0.4) is 0 Å². The lowest BCUT2D eigenvalue weighted by atomic mass is 10.1. The maximum absolute atomic E-state index is 12.1. The van der Waals surface area contributed by atoms with Gasteiger partial charge < -0.3 is 15.0 Å². The number of carbonyl (C=O) groups is 3. The Morgan fingerprint density at radius 1 is 1.22 bits per heavy atom. The quantitative estimate of drug-likeness (QED) is 0.783. The van der Waals surface area contributed by atoms with Crippen LogP contribution in [0.4, 0.5) is 5.69 Å². The van der Waals surface area contributed by atoms with Crippen molar-refractivity contribution in [3.8, 4) is 0 Å². The maximum Gasteiger partial charge on any atom is 0.340 e. The highest BCUT2D eigenvalue weighted by molar-refractivity contribution is 6.01. The van der Waals surface area contributed by atoms with Crippen LogP contribution in [0.25, 0.3) is 0 Å². The van der Waals surface area contributed by atoms with Gasteiger partial charge in [-0.2, -0.15) is 0 Å². The standard InChI is InChI=1S/C17H24N2O4/c1-5-23-17(22)14-8-6-7-9-15(14)18-16(21)10-11-19(12(2)3)13(4)20/h6-9,12H,5,10-11H2,1-4H3,(H,18,21). The van der Waals surface area contributed by atoms with Crippen LogP contribution in [0, 0.1) is 0 Å². The molecule has 0 spiro atoms. The van der Waals surface area contributed by atoms with E-state index in [4.69, 9.17) is 4.74 Å². The van der Waals surface area contributed by atoms with Crippen LogP contribution in [-0.2, 0) is 14.3 Å². The molecule has 1 aromatic rings. The Morgan fingerprint density at radius 2 is 1.87 bits per heavy atom. The van der Waals surface area contributed by atoms with Gasteiger partial charge in [0.05, 0.1) is 17.9 Å². The average molecular weight is 320 g/mol. The highest BCUT2D eigenvalue weighted by Gasteiger charge is 2.16. The Labute approximate surface area is 136 Å². The molecule has 0 aliphatic carbocycles. The van der Waals surface area contributed by atoms with Crippen LogP contribution in [0.15, 0.2) is 24.3 Å². The molecule has 0 saturated heterocycles. The summed E-state index contributed by atoms with van der Waals surface area (Å²) in [7, 11) is 0. The first-order valence-electron chi connectivity index (χ1n) is 7.70. The van der Waals surface area contributed by atoms with E-state index in [1.807, 2.05) is 13.8 Å². The lowest BCUT2D eigenvalue weighted by Crippen LogP contribution is -2.37. The van der Waals surface area contributed by atoms with Crippen LogP contribution in [-0.4, -0.2) is 41.9 Å². The first-order valence-corrected chi connectivity index (χ1v) is 7.70. The molecule has 0 radical (unpaired) electrons. The Balaban J connectivity index is 2.71. The summed E-state index contributed by atoms with van der Waals surface area (Å²) in [6.07, 6.45) is 0.162. The van der Waals surface area contributed by atoms with E-state index in [1.54, 1.807) is 36.1 Å². The molecule has 0 aromatic heterocycles. The number of hydrogen-bond donors (Lipinski definition) is 1. The molecule has 23 heavy (non-hydrogen) atoms. The molecule has 0 fully saturated rings. The van der Waals surface area contributed by atoms with Crippen LogP contribution >= 0.6 is 0 Å². The number of amides is 2. The molecule has 0 atom stereocenters. The summed E-state index contributed by atoms with van der Waals surface area (Å²) in [6.45, 7) is 7.60. The maximum atomic E-state index is 12.1. The summed E-state index contributed by atoms with van der Waals surface area (Å²) in [5.41, 5.74) is 0.727. The molecule has 6 nitrogen and oxygen atoms in total. The minimum atomic E-state index is -0.476. The number of nitrogens with one attached hydrogen (secondary N) is 1. The third-order valence-electron chi connectivity index (χ3n) is 3.30. The Kier molecular flexibility index (Phi) is 7.25. The third kappa shape index (κ3) is 5.73. The van der Waals surface area contributed by atoms with Gasteiger partial charge in [0.2, 0.25) is 11.8 Å². The number of nitrogens with zero attached hydrogens (tertiary/aromatic N) is 1. The first kappa shape index (κ1) is 18.7. The van der Waals surface area contributed by atoms with Crippen LogP contribution in [0.5, 0.6) is 0 Å². The lowest BCUT2D eigenvalue weighted by Gasteiger charge is -2.25. The Bertz CT molecular complexity index is 569. The monoisotopic (exact) mass is 320 g/mol. The average Bonchev–Trinajstić information content (AvgIpc) is 2.47. The van der Waals surface area contributed by atoms with E-state index in [0.29, 0.717) is 17.8 Å². The van der Waals surface area contributed by atoms with Crippen molar-refractivity contribution in [3.05, 3.63) is 29.8 Å². The van der Waals surface area contributed by atoms with Gasteiger partial charge in [0, 0.05) is 25.9 Å². The first-order chi connectivity index (χ1) is 10.9. The zero-order chi connectivity index (χ0) is 17.4. The second-order valence-corrected chi connectivity index (χ2v) is 5.37. The summed E-state index contributed by atoms with van der Waals surface area (Å²) in [6, 6.07) is 6.72. The fraction of sp³-hybridized carbons (Fsp3) is 0.471. The number of para-hydroxylation sites is 1. The molecule has 0 unspecified atom stereocenters. The van der Waals surface area contributed by atoms with Gasteiger partial charge in [-0.05, 0) is 32.9 Å². The minimum Gasteiger partial charge on any atom is -0.462 e. The van der Waals surface area contributed by atoms with Gasteiger partial charge in [-0.15, -0.1) is 0 Å². The molecule has 0 aliphatic rings. The number of benzene rings is 1. The lowest BCUT2D eigenvalue weighted by molar-refractivity contribution is -0.130. The number of rotatable bonds is 7. The molecule has 0 aliphatic heterocycles. The van der Waals surface area contributed by atoms with Gasteiger partial charge in [0.1, 0.15) is 0 Å². The van der Waals surface area contributed by atoms with Gasteiger partial charge in [-0.25, -0.2) is 4.79 Å². The number of anilines is 1. The van der Waals surface area contributed by atoms with Gasteiger partial charge >= 0.3 is 5.97 Å². The number of carbonyl (C=O) groups excluding carboxylic acids is 3. The van der Waals surface area contributed by atoms with E-state index in [2.05, 4.69) is 5.32 Å². The van der Waals surface area contributed by atoms with Crippen molar-refractivity contribution in [2.75, 3.05) is 18.5 Å². The largest absolute Gasteiger partial charge is 0.462 e. The van der Waals surface area contributed by atoms with Gasteiger partial charge in [-0.1, -0.05) is 12.1 Å². The van der Waals surface area contributed by atoms with Gasteiger partial charge in [0.15, 0.2) is 0 Å². The number of esters is 1. The van der Waals surface area contributed by atoms with E-state index in [9.17, 15) is 14.4 Å². The van der Waals surface area contributed by atoms with E-state index in [-0.39, 0.29) is 30.9 Å². The van der Waals surface area contributed by atoms with E-state index >= 15 is 0 Å². The molecule has 0 heterocycles. The number of ether oxygens (including phenoxy) is 1. The zero-order valence-corrected chi connectivity index (χ0v) is 14.1. The molecule has 0 bridgehead atoms. The summed E-state index contributed by atoms with van der Waals surface area (Å²) < 4.78 is 4.97. The van der Waals surface area contributed by atoms with Crippen molar-refractivity contribution in [1.82, 2.24) is 4.90 Å². The predicted molar refractivity (Wildman–Crippen MR) is 88.2 cm³/mol. The van der Waals surface area contributed by atoms with Crippen molar-refractivity contribution >= 4 is 23.5 Å². The predicted octanol–water partition coefficient (Wildman–Crippen LogP) is 2.45. The summed E-state index contributed by atoms with van der Waals surface area (Å²) >= 11 is 0. The van der Waals surface area contributed by atoms with E-state index in [1.165, 1.54) is 6.92 Å². The SMILES string of the molecule is CCOC(=O)c1ccccc1NC(=O)CCN(C(C)=O)C(C)C. The van der Waals surface area contributed by atoms with Crippen molar-refractivity contribution in [2.24, 2.45) is 0 Å². The molecular weight excluding hydrogens is 296 g/mol. The molecule has 2 amide bonds. The molecule has 6 heteroatoms. The molecule has 1 N–H and O–H groups in total. The summed E-state index contributed by atoms with van der Waals surface area (Å²) in [5, 5.41) is 2.71. The number of hydrogen-bond acceptors (Lipinski definition) is 4. The van der Waals surface area contributed by atoms with Crippen molar-refractivity contribution in [1.29, 1.82) is 0 Å². The third-order valence-corrected chi connectivity index (χ3v) is 3.30. The normalized spacial score (nSPS) is 10.3. The molecule has 1 aromatic carbocycles.